The number of nitrogens with one attached hydrogen (secondary N) is 1. The van der Waals surface area contributed by atoms with Crippen molar-refractivity contribution in [3.8, 4) is 0 Å². The fourth-order valence-corrected chi connectivity index (χ4v) is 1.78. The van der Waals surface area contributed by atoms with Gasteiger partial charge in [-0.1, -0.05) is 46.6 Å². The normalized spacial score (nSPS) is 12.7. The van der Waals surface area contributed by atoms with E-state index in [2.05, 4.69) is 34.2 Å². The third-order valence-electron chi connectivity index (χ3n) is 2.30. The van der Waals surface area contributed by atoms with E-state index in [-0.39, 0.29) is 0 Å². The van der Waals surface area contributed by atoms with Crippen molar-refractivity contribution in [1.82, 2.24) is 5.32 Å². The zero-order valence-corrected chi connectivity index (χ0v) is 11.3. The summed E-state index contributed by atoms with van der Waals surface area (Å²) in [5.41, 5.74) is 1.24. The molecule has 1 aromatic rings. The lowest BCUT2D eigenvalue weighted by molar-refractivity contribution is 0.630. The summed E-state index contributed by atoms with van der Waals surface area (Å²) in [6.07, 6.45) is 2.34. The highest BCUT2D eigenvalue weighted by atomic mass is 79.9. The number of alkyl halides is 1. The second-order valence-electron chi connectivity index (χ2n) is 3.60. The zero-order chi connectivity index (χ0) is 11.1. The fraction of sp³-hybridized carbons (Fsp3) is 0.500. The van der Waals surface area contributed by atoms with E-state index >= 15 is 0 Å². The Morgan fingerprint density at radius 2 is 2.27 bits per heavy atom. The average molecular weight is 291 g/mol. The first-order valence-corrected chi connectivity index (χ1v) is 6.61. The van der Waals surface area contributed by atoms with Crippen molar-refractivity contribution in [3.05, 3.63) is 34.9 Å². The highest BCUT2D eigenvalue weighted by molar-refractivity contribution is 9.09. The van der Waals surface area contributed by atoms with Gasteiger partial charge in [-0.3, -0.25) is 0 Å². The molecule has 0 aliphatic heterocycles. The van der Waals surface area contributed by atoms with Crippen molar-refractivity contribution in [2.75, 3.05) is 6.54 Å². The van der Waals surface area contributed by atoms with Crippen LogP contribution in [-0.2, 0) is 6.54 Å². The van der Waals surface area contributed by atoms with Gasteiger partial charge in [0.2, 0.25) is 0 Å². The van der Waals surface area contributed by atoms with E-state index in [4.69, 9.17) is 11.6 Å². The Kier molecular flexibility index (Phi) is 6.30. The molecule has 3 heteroatoms. The van der Waals surface area contributed by atoms with Gasteiger partial charge in [-0.15, -0.1) is 0 Å². The van der Waals surface area contributed by atoms with Crippen LogP contribution in [0.5, 0.6) is 0 Å². The highest BCUT2D eigenvalue weighted by Gasteiger charge is 1.99. The van der Waals surface area contributed by atoms with Crippen LogP contribution in [0.4, 0.5) is 0 Å². The van der Waals surface area contributed by atoms with Gasteiger partial charge in [-0.05, 0) is 37.1 Å². The summed E-state index contributed by atoms with van der Waals surface area (Å²) >= 11 is 9.51. The third-order valence-corrected chi connectivity index (χ3v) is 3.64. The molecule has 1 atom stereocenters. The first-order valence-electron chi connectivity index (χ1n) is 5.31. The molecule has 0 aliphatic carbocycles. The predicted molar refractivity (Wildman–Crippen MR) is 70.8 cm³/mol. The van der Waals surface area contributed by atoms with Crippen LogP contribution in [-0.4, -0.2) is 11.4 Å². The van der Waals surface area contributed by atoms with Crippen molar-refractivity contribution in [2.24, 2.45) is 0 Å². The zero-order valence-electron chi connectivity index (χ0n) is 8.97. The van der Waals surface area contributed by atoms with Crippen LogP contribution < -0.4 is 5.32 Å². The number of hydrogen-bond acceptors (Lipinski definition) is 1. The summed E-state index contributed by atoms with van der Waals surface area (Å²) in [6, 6.07) is 7.97. The molecule has 1 nitrogen and oxygen atoms in total. The lowest BCUT2D eigenvalue weighted by atomic mass is 10.2. The minimum absolute atomic E-state index is 0.629. The fourth-order valence-electron chi connectivity index (χ4n) is 1.34. The van der Waals surface area contributed by atoms with E-state index in [0.717, 1.165) is 24.5 Å². The Balaban J connectivity index is 2.20. The number of hydrogen-bond donors (Lipinski definition) is 1. The van der Waals surface area contributed by atoms with Crippen LogP contribution >= 0.6 is 27.5 Å². The SMILES string of the molecule is CCC(Br)CCNCc1cccc(Cl)c1. The molecule has 0 aromatic heterocycles. The minimum Gasteiger partial charge on any atom is -0.313 e. The van der Waals surface area contributed by atoms with Crippen molar-refractivity contribution >= 4 is 27.5 Å². The van der Waals surface area contributed by atoms with Crippen LogP contribution in [0.15, 0.2) is 24.3 Å². The second-order valence-corrected chi connectivity index (χ2v) is 5.33. The van der Waals surface area contributed by atoms with Crippen LogP contribution in [0.25, 0.3) is 0 Å². The molecular formula is C12H17BrClN. The molecule has 15 heavy (non-hydrogen) atoms. The number of rotatable bonds is 6. The van der Waals surface area contributed by atoms with Crippen molar-refractivity contribution < 1.29 is 0 Å². The van der Waals surface area contributed by atoms with Crippen LogP contribution in [0.2, 0.25) is 5.02 Å². The molecule has 1 N–H and O–H groups in total. The largest absolute Gasteiger partial charge is 0.313 e. The third kappa shape index (κ3) is 5.55. The summed E-state index contributed by atoms with van der Waals surface area (Å²) in [7, 11) is 0. The quantitative estimate of drug-likeness (QED) is 0.617. The first kappa shape index (κ1) is 13.0. The highest BCUT2D eigenvalue weighted by Crippen LogP contribution is 2.11. The smallest absolute Gasteiger partial charge is 0.0409 e. The molecule has 0 amide bonds. The molecule has 1 rings (SSSR count). The first-order chi connectivity index (χ1) is 7.22. The topological polar surface area (TPSA) is 12.0 Å². The van der Waals surface area contributed by atoms with Gasteiger partial charge in [0.1, 0.15) is 0 Å². The Labute approximate surface area is 105 Å². The molecule has 84 valence electrons. The molecule has 0 spiro atoms. The number of halogens is 2. The lowest BCUT2D eigenvalue weighted by Crippen LogP contribution is -2.17. The van der Waals surface area contributed by atoms with E-state index in [1.807, 2.05) is 18.2 Å². The molecule has 0 bridgehead atoms. The van der Waals surface area contributed by atoms with E-state index < -0.39 is 0 Å². The average Bonchev–Trinajstić information content (AvgIpc) is 2.24. The van der Waals surface area contributed by atoms with Gasteiger partial charge in [0.25, 0.3) is 0 Å². The molecule has 0 fully saturated rings. The Morgan fingerprint density at radius 1 is 1.47 bits per heavy atom. The molecule has 0 aliphatic rings. The summed E-state index contributed by atoms with van der Waals surface area (Å²) in [5, 5.41) is 4.21. The Morgan fingerprint density at radius 3 is 2.93 bits per heavy atom. The monoisotopic (exact) mass is 289 g/mol. The second kappa shape index (κ2) is 7.26. The maximum atomic E-state index is 5.90. The van der Waals surface area contributed by atoms with Gasteiger partial charge in [-0.25, -0.2) is 0 Å². The molecule has 0 radical (unpaired) electrons. The molecule has 1 aromatic carbocycles. The minimum atomic E-state index is 0.629. The molecule has 0 heterocycles. The van der Waals surface area contributed by atoms with Crippen LogP contribution in [0, 0.1) is 0 Å². The maximum Gasteiger partial charge on any atom is 0.0409 e. The molecule has 1 unspecified atom stereocenters. The Bertz CT molecular complexity index is 291. The number of benzene rings is 1. The Hall–Kier alpha value is -0.0500. The van der Waals surface area contributed by atoms with E-state index in [9.17, 15) is 0 Å². The van der Waals surface area contributed by atoms with Gasteiger partial charge >= 0.3 is 0 Å². The molecular weight excluding hydrogens is 273 g/mol. The standard InChI is InChI=1S/C12H17BrClN/c1-2-11(13)6-7-15-9-10-4-3-5-12(14)8-10/h3-5,8,11,15H,2,6-7,9H2,1H3. The van der Waals surface area contributed by atoms with Gasteiger partial charge in [-0.2, -0.15) is 0 Å². The van der Waals surface area contributed by atoms with Crippen LogP contribution in [0.3, 0.4) is 0 Å². The summed E-state index contributed by atoms with van der Waals surface area (Å²) in [6.45, 7) is 4.12. The van der Waals surface area contributed by atoms with Crippen molar-refractivity contribution in [2.45, 2.75) is 31.1 Å². The van der Waals surface area contributed by atoms with Crippen molar-refractivity contribution in [3.63, 3.8) is 0 Å². The van der Waals surface area contributed by atoms with E-state index in [1.165, 1.54) is 12.0 Å². The van der Waals surface area contributed by atoms with Crippen molar-refractivity contribution in [1.29, 1.82) is 0 Å². The van der Waals surface area contributed by atoms with E-state index in [1.54, 1.807) is 0 Å². The van der Waals surface area contributed by atoms with Gasteiger partial charge in [0.15, 0.2) is 0 Å². The molecule has 0 saturated heterocycles. The van der Waals surface area contributed by atoms with E-state index in [0.29, 0.717) is 4.83 Å². The predicted octanol–water partition coefficient (Wildman–Crippen LogP) is 3.99. The maximum absolute atomic E-state index is 5.90. The summed E-state index contributed by atoms with van der Waals surface area (Å²) < 4.78 is 0. The van der Waals surface area contributed by atoms with Crippen LogP contribution in [0.1, 0.15) is 25.3 Å². The van der Waals surface area contributed by atoms with Gasteiger partial charge < -0.3 is 5.32 Å². The van der Waals surface area contributed by atoms with Gasteiger partial charge in [0.05, 0.1) is 0 Å². The summed E-state index contributed by atoms with van der Waals surface area (Å²) in [5.74, 6) is 0. The lowest BCUT2D eigenvalue weighted by Gasteiger charge is -2.08. The summed E-state index contributed by atoms with van der Waals surface area (Å²) in [4.78, 5) is 0.629. The van der Waals surface area contributed by atoms with Gasteiger partial charge in [0, 0.05) is 16.4 Å². The molecule has 0 saturated carbocycles.